The monoisotopic (exact) mass is 442 g/mol. The van der Waals surface area contributed by atoms with Crippen LogP contribution in [0.2, 0.25) is 10.0 Å². The number of nitrogens with zero attached hydrogens (tertiary/aromatic N) is 2. The Labute approximate surface area is 184 Å². The molecule has 5 nitrogen and oxygen atoms in total. The summed E-state index contributed by atoms with van der Waals surface area (Å²) < 4.78 is 5.92. The molecule has 4 rings (SSSR count). The van der Waals surface area contributed by atoms with Crippen molar-refractivity contribution in [2.75, 3.05) is 6.54 Å². The highest BCUT2D eigenvalue weighted by molar-refractivity contribution is 6.35. The quantitative estimate of drug-likeness (QED) is 0.528. The van der Waals surface area contributed by atoms with Crippen molar-refractivity contribution < 1.29 is 14.6 Å². The van der Waals surface area contributed by atoms with E-state index in [1.54, 1.807) is 18.2 Å². The molecule has 0 spiro atoms. The van der Waals surface area contributed by atoms with Gasteiger partial charge in [0, 0.05) is 40.8 Å². The number of benzene rings is 2. The van der Waals surface area contributed by atoms with Crippen LogP contribution in [0.4, 0.5) is 0 Å². The summed E-state index contributed by atoms with van der Waals surface area (Å²) in [6.07, 6.45) is 0.135. The van der Waals surface area contributed by atoms with E-state index in [4.69, 9.17) is 38.0 Å². The van der Waals surface area contributed by atoms with Gasteiger partial charge in [0.1, 0.15) is 12.4 Å². The van der Waals surface area contributed by atoms with E-state index in [1.165, 1.54) is 0 Å². The highest BCUT2D eigenvalue weighted by atomic mass is 35.5. The number of hydrogen-bond donors (Lipinski definition) is 1. The minimum atomic E-state index is -0.783. The van der Waals surface area contributed by atoms with Crippen LogP contribution in [0, 0.1) is 0 Å². The third-order valence-corrected chi connectivity index (χ3v) is 5.76. The number of carboxylic acids is 1. The highest BCUT2D eigenvalue weighted by Gasteiger charge is 2.21. The number of aromatic nitrogens is 1. The average Bonchev–Trinajstić information content (AvgIpc) is 3.14. The summed E-state index contributed by atoms with van der Waals surface area (Å²) in [6.45, 7) is 2.20. The molecule has 1 aromatic heterocycles. The van der Waals surface area contributed by atoms with Crippen LogP contribution in [0.1, 0.15) is 23.2 Å². The first-order chi connectivity index (χ1) is 14.5. The Morgan fingerprint density at radius 2 is 1.83 bits per heavy atom. The van der Waals surface area contributed by atoms with Crippen LogP contribution in [-0.2, 0) is 24.5 Å². The topological polar surface area (TPSA) is 62.7 Å². The molecule has 154 valence electrons. The molecule has 2 heterocycles. The first kappa shape index (κ1) is 20.7. The van der Waals surface area contributed by atoms with Gasteiger partial charge in [-0.25, -0.2) is 0 Å². The molecular weight excluding hydrogens is 423 g/mol. The van der Waals surface area contributed by atoms with Crippen LogP contribution in [0.5, 0.6) is 5.75 Å². The van der Waals surface area contributed by atoms with Gasteiger partial charge >= 0.3 is 5.97 Å². The third kappa shape index (κ3) is 4.75. The van der Waals surface area contributed by atoms with Crippen molar-refractivity contribution in [3.8, 4) is 17.0 Å². The van der Waals surface area contributed by atoms with E-state index in [2.05, 4.69) is 11.0 Å². The Kier molecular flexibility index (Phi) is 6.23. The van der Waals surface area contributed by atoms with E-state index in [9.17, 15) is 4.79 Å². The van der Waals surface area contributed by atoms with Crippen LogP contribution in [-0.4, -0.2) is 27.5 Å². The third-order valence-electron chi connectivity index (χ3n) is 5.05. The summed E-state index contributed by atoms with van der Waals surface area (Å²) in [5.74, 6) is -0.0802. The molecule has 0 unspecified atom stereocenters. The van der Waals surface area contributed by atoms with Crippen molar-refractivity contribution in [2.45, 2.75) is 26.1 Å². The van der Waals surface area contributed by atoms with Crippen molar-refractivity contribution in [2.24, 2.45) is 0 Å². The van der Waals surface area contributed by atoms with Crippen molar-refractivity contribution in [1.29, 1.82) is 0 Å². The van der Waals surface area contributed by atoms with Crippen LogP contribution < -0.4 is 4.74 Å². The Morgan fingerprint density at radius 3 is 2.60 bits per heavy atom. The second-order valence-corrected chi connectivity index (χ2v) is 7.99. The fourth-order valence-electron chi connectivity index (χ4n) is 3.46. The van der Waals surface area contributed by atoms with Crippen LogP contribution >= 0.6 is 23.2 Å². The maximum absolute atomic E-state index is 10.8. The second-order valence-electron chi connectivity index (χ2n) is 7.17. The number of fused-ring (bicyclic) bond motifs is 1. The minimum Gasteiger partial charge on any atom is -0.489 e. The Bertz CT molecular complexity index is 1070. The first-order valence-electron chi connectivity index (χ1n) is 9.58. The van der Waals surface area contributed by atoms with E-state index in [-0.39, 0.29) is 13.0 Å². The molecule has 0 bridgehead atoms. The van der Waals surface area contributed by atoms with Gasteiger partial charge in [-0.2, -0.15) is 0 Å². The lowest BCUT2D eigenvalue weighted by Gasteiger charge is -2.11. The van der Waals surface area contributed by atoms with Crippen LogP contribution in [0.3, 0.4) is 0 Å². The molecule has 1 aliphatic heterocycles. The van der Waals surface area contributed by atoms with Gasteiger partial charge in [-0.05, 0) is 35.9 Å². The lowest BCUT2D eigenvalue weighted by molar-refractivity contribution is -0.137. The molecule has 1 N–H and O–H groups in total. The summed E-state index contributed by atoms with van der Waals surface area (Å²) in [6, 6.07) is 17.2. The van der Waals surface area contributed by atoms with E-state index in [1.807, 2.05) is 30.3 Å². The predicted octanol–water partition coefficient (Wildman–Crippen LogP) is 5.42. The molecule has 7 heteroatoms. The molecule has 0 saturated heterocycles. The van der Waals surface area contributed by atoms with E-state index in [0.717, 1.165) is 34.6 Å². The van der Waals surface area contributed by atoms with E-state index < -0.39 is 5.97 Å². The molecule has 30 heavy (non-hydrogen) atoms. The molecule has 0 radical (unpaired) electrons. The standard InChI is InChI=1S/C23H20Cl2N2O3/c24-19-5-2-6-20(25)18(19)14-30-17-4-1-3-15(11-17)21-8-7-16-12-27(10-9-23(28)29)13-22(16)26-21/h1-8,11H,9-10,12-14H2,(H,28,29). The maximum atomic E-state index is 10.8. The number of pyridine rings is 1. The van der Waals surface area contributed by atoms with Gasteiger partial charge in [0.15, 0.2) is 0 Å². The van der Waals surface area contributed by atoms with Gasteiger partial charge in [0.2, 0.25) is 0 Å². The minimum absolute atomic E-state index is 0.135. The Morgan fingerprint density at radius 1 is 1.07 bits per heavy atom. The molecular formula is C23H20Cl2N2O3. The van der Waals surface area contributed by atoms with Gasteiger partial charge in [-0.15, -0.1) is 0 Å². The zero-order chi connectivity index (χ0) is 21.1. The summed E-state index contributed by atoms with van der Waals surface area (Å²) in [4.78, 5) is 17.7. The Hall–Kier alpha value is -2.60. The average molecular weight is 443 g/mol. The molecule has 0 aliphatic carbocycles. The lowest BCUT2D eigenvalue weighted by Crippen LogP contribution is -2.20. The van der Waals surface area contributed by atoms with Gasteiger partial charge < -0.3 is 9.84 Å². The van der Waals surface area contributed by atoms with Crippen molar-refractivity contribution in [1.82, 2.24) is 9.88 Å². The number of carbonyl (C=O) groups is 1. The maximum Gasteiger partial charge on any atom is 0.304 e. The number of hydrogen-bond acceptors (Lipinski definition) is 4. The lowest BCUT2D eigenvalue weighted by atomic mass is 10.1. The van der Waals surface area contributed by atoms with Gasteiger partial charge in [-0.1, -0.05) is 47.5 Å². The summed E-state index contributed by atoms with van der Waals surface area (Å²) >= 11 is 12.4. The molecule has 0 fully saturated rings. The van der Waals surface area contributed by atoms with Crippen molar-refractivity contribution in [3.05, 3.63) is 81.5 Å². The summed E-state index contributed by atoms with van der Waals surface area (Å²) in [5, 5.41) is 10.0. The van der Waals surface area contributed by atoms with Crippen molar-refractivity contribution >= 4 is 29.2 Å². The van der Waals surface area contributed by atoms with Gasteiger partial charge in [0.25, 0.3) is 0 Å². The number of rotatable bonds is 7. The number of carboxylic acid groups (broad SMARTS) is 1. The molecule has 1 aliphatic rings. The SMILES string of the molecule is O=C(O)CCN1Cc2ccc(-c3cccc(OCc4c(Cl)cccc4Cl)c3)nc2C1. The normalized spacial score (nSPS) is 13.3. The summed E-state index contributed by atoms with van der Waals surface area (Å²) in [7, 11) is 0. The highest BCUT2D eigenvalue weighted by Crippen LogP contribution is 2.29. The predicted molar refractivity (Wildman–Crippen MR) is 117 cm³/mol. The fourth-order valence-corrected chi connectivity index (χ4v) is 3.97. The molecule has 0 saturated carbocycles. The number of ether oxygens (including phenoxy) is 1. The van der Waals surface area contributed by atoms with E-state index in [0.29, 0.717) is 28.9 Å². The zero-order valence-corrected chi connectivity index (χ0v) is 17.7. The van der Waals surface area contributed by atoms with Crippen LogP contribution in [0.25, 0.3) is 11.3 Å². The molecule has 0 amide bonds. The van der Waals surface area contributed by atoms with Crippen LogP contribution in [0.15, 0.2) is 54.6 Å². The molecule has 3 aromatic rings. The second kappa shape index (κ2) is 9.04. The fraction of sp³-hybridized carbons (Fsp3) is 0.217. The zero-order valence-electron chi connectivity index (χ0n) is 16.1. The van der Waals surface area contributed by atoms with Gasteiger partial charge in [0.05, 0.1) is 17.8 Å². The molecule has 2 aromatic carbocycles. The molecule has 0 atom stereocenters. The largest absolute Gasteiger partial charge is 0.489 e. The summed E-state index contributed by atoms with van der Waals surface area (Å²) in [5.41, 5.74) is 4.69. The van der Waals surface area contributed by atoms with E-state index >= 15 is 0 Å². The number of halogens is 2. The smallest absolute Gasteiger partial charge is 0.304 e. The Balaban J connectivity index is 1.47. The first-order valence-corrected chi connectivity index (χ1v) is 10.3. The number of aliphatic carboxylic acids is 1. The van der Waals surface area contributed by atoms with Crippen molar-refractivity contribution in [3.63, 3.8) is 0 Å². The van der Waals surface area contributed by atoms with Gasteiger partial charge in [-0.3, -0.25) is 14.7 Å².